The van der Waals surface area contributed by atoms with E-state index in [1.165, 1.54) is 0 Å². The summed E-state index contributed by atoms with van der Waals surface area (Å²) < 4.78 is 1.94. The van der Waals surface area contributed by atoms with Crippen LogP contribution in [-0.2, 0) is 17.9 Å². The Morgan fingerprint density at radius 2 is 2.42 bits per heavy atom. The van der Waals surface area contributed by atoms with Gasteiger partial charge in [-0.25, -0.2) is 0 Å². The van der Waals surface area contributed by atoms with E-state index in [0.29, 0.717) is 18.5 Å². The number of carbonyl (C=O) groups excluding carboxylic acids is 1. The minimum Gasteiger partial charge on any atom is -0.342 e. The van der Waals surface area contributed by atoms with Gasteiger partial charge in [0.2, 0.25) is 5.91 Å². The van der Waals surface area contributed by atoms with Crippen LogP contribution in [0.4, 0.5) is 0 Å². The Balaban J connectivity index is 1.60. The standard InChI is InChI=1S/C17H28N6O/c1-4-6-21(3)17(24)16-12-22-7-5-13(16)8-15(22)11-23-10-14(9-18-2)19-20-23/h4,10,13,15-16,18H,1,5-9,11-12H2,2-3H3. The molecule has 7 heteroatoms. The molecule has 0 radical (unpaired) electrons. The first-order valence-electron chi connectivity index (χ1n) is 8.76. The summed E-state index contributed by atoms with van der Waals surface area (Å²) in [5.41, 5.74) is 0.965. The number of hydrogen-bond donors (Lipinski definition) is 1. The average Bonchev–Trinajstić information content (AvgIpc) is 3.02. The summed E-state index contributed by atoms with van der Waals surface area (Å²) in [6.45, 7) is 7.90. The van der Waals surface area contributed by atoms with Gasteiger partial charge >= 0.3 is 0 Å². The normalized spacial score (nSPS) is 28.8. The summed E-state index contributed by atoms with van der Waals surface area (Å²) >= 11 is 0. The van der Waals surface area contributed by atoms with E-state index >= 15 is 0 Å². The molecular weight excluding hydrogens is 304 g/mol. The second-order valence-electron chi connectivity index (χ2n) is 7.01. The van der Waals surface area contributed by atoms with Crippen molar-refractivity contribution in [3.05, 3.63) is 24.5 Å². The molecule has 4 heterocycles. The molecule has 3 saturated heterocycles. The molecule has 0 saturated carbocycles. The molecule has 1 N–H and O–H groups in total. The molecule has 1 aromatic rings. The number of likely N-dealkylation sites (N-methyl/N-ethyl adjacent to an activating group) is 1. The van der Waals surface area contributed by atoms with Gasteiger partial charge in [-0.05, 0) is 32.4 Å². The highest BCUT2D eigenvalue weighted by Crippen LogP contribution is 2.37. The Bertz CT molecular complexity index is 585. The summed E-state index contributed by atoms with van der Waals surface area (Å²) in [5.74, 6) is 0.885. The monoisotopic (exact) mass is 332 g/mol. The van der Waals surface area contributed by atoms with Gasteiger partial charge in [0, 0.05) is 38.9 Å². The van der Waals surface area contributed by atoms with Crippen LogP contribution >= 0.6 is 0 Å². The van der Waals surface area contributed by atoms with Gasteiger partial charge in [-0.2, -0.15) is 0 Å². The lowest BCUT2D eigenvalue weighted by molar-refractivity contribution is -0.142. The zero-order valence-corrected chi connectivity index (χ0v) is 14.7. The van der Waals surface area contributed by atoms with E-state index in [4.69, 9.17) is 0 Å². The Kier molecular flexibility index (Phi) is 5.30. The third kappa shape index (κ3) is 3.52. The molecule has 4 rings (SSSR count). The predicted molar refractivity (Wildman–Crippen MR) is 92.2 cm³/mol. The van der Waals surface area contributed by atoms with Crippen molar-refractivity contribution in [1.82, 2.24) is 30.1 Å². The number of hydrogen-bond acceptors (Lipinski definition) is 5. The molecule has 1 aromatic heterocycles. The largest absolute Gasteiger partial charge is 0.342 e. The topological polar surface area (TPSA) is 66.3 Å². The summed E-state index contributed by atoms with van der Waals surface area (Å²) in [6, 6.07) is 0.460. The summed E-state index contributed by atoms with van der Waals surface area (Å²) in [4.78, 5) is 16.9. The number of nitrogens with zero attached hydrogens (tertiary/aromatic N) is 5. The number of piperidine rings is 3. The number of aromatic nitrogens is 3. The van der Waals surface area contributed by atoms with Crippen LogP contribution < -0.4 is 5.32 Å². The molecule has 24 heavy (non-hydrogen) atoms. The van der Waals surface area contributed by atoms with E-state index in [2.05, 4.69) is 27.1 Å². The fourth-order valence-corrected chi connectivity index (χ4v) is 4.08. The van der Waals surface area contributed by atoms with Crippen molar-refractivity contribution in [2.75, 3.05) is 33.7 Å². The zero-order chi connectivity index (χ0) is 17.1. The molecule has 3 fully saturated rings. The van der Waals surface area contributed by atoms with Crippen LogP contribution in [0.15, 0.2) is 18.9 Å². The van der Waals surface area contributed by atoms with E-state index in [1.807, 2.05) is 25.0 Å². The third-order valence-corrected chi connectivity index (χ3v) is 5.32. The van der Waals surface area contributed by atoms with Crippen molar-refractivity contribution in [3.63, 3.8) is 0 Å². The van der Waals surface area contributed by atoms with E-state index in [-0.39, 0.29) is 11.8 Å². The minimum absolute atomic E-state index is 0.135. The van der Waals surface area contributed by atoms with E-state index in [1.54, 1.807) is 11.0 Å². The highest BCUT2D eigenvalue weighted by atomic mass is 16.2. The SMILES string of the molecule is C=CCN(C)C(=O)C1CN2CCC1CC2Cn1cc(CNC)nn1. The first-order valence-corrected chi connectivity index (χ1v) is 8.76. The van der Waals surface area contributed by atoms with Gasteiger partial charge < -0.3 is 10.2 Å². The highest BCUT2D eigenvalue weighted by Gasteiger charge is 2.43. The van der Waals surface area contributed by atoms with Crippen molar-refractivity contribution in [1.29, 1.82) is 0 Å². The fourth-order valence-electron chi connectivity index (χ4n) is 4.08. The molecule has 7 nitrogen and oxygen atoms in total. The van der Waals surface area contributed by atoms with Gasteiger partial charge in [-0.3, -0.25) is 14.4 Å². The summed E-state index contributed by atoms with van der Waals surface area (Å²) in [6.07, 6.45) is 5.99. The maximum atomic E-state index is 12.6. The lowest BCUT2D eigenvalue weighted by Crippen LogP contribution is -2.58. The molecule has 132 valence electrons. The number of amides is 1. The molecule has 3 aliphatic heterocycles. The number of fused-ring (bicyclic) bond motifs is 3. The molecule has 0 aliphatic carbocycles. The zero-order valence-electron chi connectivity index (χ0n) is 14.7. The maximum Gasteiger partial charge on any atom is 0.227 e. The van der Waals surface area contributed by atoms with Crippen LogP contribution in [0.25, 0.3) is 0 Å². The first-order chi connectivity index (χ1) is 11.6. The number of carbonyl (C=O) groups is 1. The second-order valence-corrected chi connectivity index (χ2v) is 7.01. The Morgan fingerprint density at radius 1 is 1.58 bits per heavy atom. The van der Waals surface area contributed by atoms with E-state index in [9.17, 15) is 4.79 Å². The third-order valence-electron chi connectivity index (χ3n) is 5.32. The van der Waals surface area contributed by atoms with Crippen molar-refractivity contribution >= 4 is 5.91 Å². The van der Waals surface area contributed by atoms with Crippen molar-refractivity contribution in [2.24, 2.45) is 11.8 Å². The average molecular weight is 332 g/mol. The van der Waals surface area contributed by atoms with E-state index < -0.39 is 0 Å². The minimum atomic E-state index is 0.135. The van der Waals surface area contributed by atoms with Gasteiger partial charge in [0.15, 0.2) is 0 Å². The summed E-state index contributed by atoms with van der Waals surface area (Å²) in [5, 5.41) is 11.5. The van der Waals surface area contributed by atoms with Gasteiger partial charge in [-0.15, -0.1) is 11.7 Å². The Labute approximate surface area is 143 Å². The van der Waals surface area contributed by atoms with Crippen LogP contribution in [0.2, 0.25) is 0 Å². The molecule has 0 spiro atoms. The Hall–Kier alpha value is -1.73. The maximum absolute atomic E-state index is 12.6. The Morgan fingerprint density at radius 3 is 3.08 bits per heavy atom. The predicted octanol–water partition coefficient (Wildman–Crippen LogP) is 0.352. The van der Waals surface area contributed by atoms with Crippen molar-refractivity contribution in [2.45, 2.75) is 32.0 Å². The molecule has 3 aliphatic rings. The lowest BCUT2D eigenvalue weighted by Gasteiger charge is -2.49. The van der Waals surface area contributed by atoms with Crippen LogP contribution in [0.1, 0.15) is 18.5 Å². The highest BCUT2D eigenvalue weighted by molar-refractivity contribution is 5.79. The quantitative estimate of drug-likeness (QED) is 0.730. The van der Waals surface area contributed by atoms with Crippen molar-refractivity contribution < 1.29 is 4.79 Å². The van der Waals surface area contributed by atoms with Gasteiger partial charge in [-0.1, -0.05) is 11.3 Å². The molecule has 1 amide bonds. The molecule has 4 atom stereocenters. The molecule has 4 unspecified atom stereocenters. The van der Waals surface area contributed by atoms with Crippen LogP contribution in [0, 0.1) is 11.8 Å². The van der Waals surface area contributed by atoms with Crippen LogP contribution in [0.5, 0.6) is 0 Å². The van der Waals surface area contributed by atoms with Gasteiger partial charge in [0.25, 0.3) is 0 Å². The smallest absolute Gasteiger partial charge is 0.227 e. The van der Waals surface area contributed by atoms with Crippen LogP contribution in [-0.4, -0.2) is 70.5 Å². The van der Waals surface area contributed by atoms with E-state index in [0.717, 1.165) is 44.7 Å². The molecule has 2 bridgehead atoms. The second kappa shape index (κ2) is 7.44. The van der Waals surface area contributed by atoms with Gasteiger partial charge in [0.05, 0.1) is 18.2 Å². The van der Waals surface area contributed by atoms with Crippen LogP contribution in [0.3, 0.4) is 0 Å². The number of rotatable bonds is 7. The molecule has 0 aromatic carbocycles. The first kappa shape index (κ1) is 17.1. The molecular formula is C17H28N6O. The lowest BCUT2D eigenvalue weighted by atomic mass is 9.75. The number of nitrogens with one attached hydrogen (secondary N) is 1. The van der Waals surface area contributed by atoms with Crippen molar-refractivity contribution in [3.8, 4) is 0 Å². The van der Waals surface area contributed by atoms with Gasteiger partial charge in [0.1, 0.15) is 0 Å². The summed E-state index contributed by atoms with van der Waals surface area (Å²) in [7, 11) is 3.78. The fraction of sp³-hybridized carbons (Fsp3) is 0.706.